The third-order valence-electron chi connectivity index (χ3n) is 3.18. The fourth-order valence-corrected chi connectivity index (χ4v) is 2.59. The molecule has 1 amide bonds. The van der Waals surface area contributed by atoms with E-state index < -0.39 is 11.5 Å². The average Bonchev–Trinajstić information content (AvgIpc) is 3.04. The van der Waals surface area contributed by atoms with Gasteiger partial charge in [-0.05, 0) is 29.8 Å². The van der Waals surface area contributed by atoms with Gasteiger partial charge in [-0.2, -0.15) is 0 Å². The molecule has 0 radical (unpaired) electrons. The lowest BCUT2D eigenvalue weighted by molar-refractivity contribution is 0.102. The van der Waals surface area contributed by atoms with Crippen LogP contribution < -0.4 is 10.9 Å². The van der Waals surface area contributed by atoms with Crippen molar-refractivity contribution in [3.63, 3.8) is 0 Å². The maximum Gasteiger partial charge on any atom is 0.263 e. The van der Waals surface area contributed by atoms with Gasteiger partial charge < -0.3 is 4.57 Å². The van der Waals surface area contributed by atoms with Gasteiger partial charge in [-0.25, -0.2) is 9.37 Å². The molecule has 0 saturated carbocycles. The van der Waals surface area contributed by atoms with E-state index in [9.17, 15) is 14.0 Å². The van der Waals surface area contributed by atoms with Crippen LogP contribution in [-0.4, -0.2) is 15.5 Å². The molecule has 5 nitrogen and oxygen atoms in total. The number of anilines is 1. The van der Waals surface area contributed by atoms with Gasteiger partial charge in [0, 0.05) is 17.8 Å². The second-order valence-corrected chi connectivity index (χ2v) is 5.67. The van der Waals surface area contributed by atoms with Crippen LogP contribution in [0.2, 0.25) is 0 Å². The first-order chi connectivity index (χ1) is 11.1. The van der Waals surface area contributed by atoms with Crippen molar-refractivity contribution in [2.24, 2.45) is 0 Å². The Bertz CT molecular complexity index is 873. The van der Waals surface area contributed by atoms with E-state index in [1.165, 1.54) is 34.1 Å². The summed E-state index contributed by atoms with van der Waals surface area (Å²) in [5, 5.41) is 4.75. The fourth-order valence-electron chi connectivity index (χ4n) is 2.07. The molecule has 3 rings (SSSR count). The molecule has 0 spiro atoms. The Morgan fingerprint density at radius 2 is 2.04 bits per heavy atom. The Labute approximate surface area is 135 Å². The van der Waals surface area contributed by atoms with Gasteiger partial charge in [0.15, 0.2) is 5.13 Å². The molecule has 0 fully saturated rings. The number of nitrogens with zero attached hydrogens (tertiary/aromatic N) is 2. The molecule has 1 N–H and O–H groups in total. The fraction of sp³-hybridized carbons (Fsp3) is 0.0625. The Morgan fingerprint density at radius 1 is 1.26 bits per heavy atom. The summed E-state index contributed by atoms with van der Waals surface area (Å²) in [6, 6.07) is 8.96. The number of rotatable bonds is 4. The number of hydrogen-bond acceptors (Lipinski definition) is 4. The highest BCUT2D eigenvalue weighted by atomic mass is 32.1. The smallest absolute Gasteiger partial charge is 0.263 e. The van der Waals surface area contributed by atoms with Crippen molar-refractivity contribution in [3.8, 4) is 0 Å². The lowest BCUT2D eigenvalue weighted by Gasteiger charge is -2.08. The third-order valence-corrected chi connectivity index (χ3v) is 3.87. The van der Waals surface area contributed by atoms with Gasteiger partial charge in [0.05, 0.1) is 6.54 Å². The molecule has 2 heterocycles. The summed E-state index contributed by atoms with van der Waals surface area (Å²) in [4.78, 5) is 28.5. The van der Waals surface area contributed by atoms with E-state index in [1.54, 1.807) is 36.0 Å². The first kappa shape index (κ1) is 15.1. The van der Waals surface area contributed by atoms with Crippen LogP contribution in [0, 0.1) is 5.82 Å². The molecule has 7 heteroatoms. The number of thiazole rings is 1. The summed E-state index contributed by atoms with van der Waals surface area (Å²) in [5.41, 5.74) is 0.390. The van der Waals surface area contributed by atoms with E-state index in [0.717, 1.165) is 5.56 Å². The molecule has 3 aromatic rings. The highest BCUT2D eigenvalue weighted by molar-refractivity contribution is 7.13. The summed E-state index contributed by atoms with van der Waals surface area (Å²) >= 11 is 1.27. The van der Waals surface area contributed by atoms with Crippen LogP contribution in [0.15, 0.2) is 59.0 Å². The number of carbonyl (C=O) groups is 1. The summed E-state index contributed by atoms with van der Waals surface area (Å²) in [7, 11) is 0. The number of hydrogen-bond donors (Lipinski definition) is 1. The molecule has 0 aliphatic rings. The molecular formula is C16H12FN3O2S. The number of benzene rings is 1. The Balaban J connectivity index is 1.84. The van der Waals surface area contributed by atoms with Gasteiger partial charge >= 0.3 is 0 Å². The van der Waals surface area contributed by atoms with Crippen LogP contribution in [0.3, 0.4) is 0 Å². The second-order valence-electron chi connectivity index (χ2n) is 4.77. The van der Waals surface area contributed by atoms with Gasteiger partial charge in [-0.1, -0.05) is 12.1 Å². The predicted molar refractivity (Wildman–Crippen MR) is 86.3 cm³/mol. The molecule has 1 aromatic carbocycles. The van der Waals surface area contributed by atoms with Crippen molar-refractivity contribution in [2.45, 2.75) is 6.54 Å². The predicted octanol–water partition coefficient (Wildman–Crippen LogP) is 2.74. The summed E-state index contributed by atoms with van der Waals surface area (Å²) in [6.07, 6.45) is 3.16. The van der Waals surface area contributed by atoms with Crippen LogP contribution in [0.25, 0.3) is 0 Å². The number of carbonyl (C=O) groups excluding carboxylic acids is 1. The van der Waals surface area contributed by atoms with E-state index in [-0.39, 0.29) is 17.9 Å². The van der Waals surface area contributed by atoms with Crippen LogP contribution in [-0.2, 0) is 6.54 Å². The van der Waals surface area contributed by atoms with Gasteiger partial charge in [-0.3, -0.25) is 14.9 Å². The van der Waals surface area contributed by atoms with Gasteiger partial charge in [0.2, 0.25) is 0 Å². The third kappa shape index (κ3) is 3.51. The van der Waals surface area contributed by atoms with Crippen molar-refractivity contribution < 1.29 is 9.18 Å². The van der Waals surface area contributed by atoms with Crippen LogP contribution >= 0.6 is 11.3 Å². The molecule has 0 aliphatic heterocycles. The van der Waals surface area contributed by atoms with Gasteiger partial charge in [0.25, 0.3) is 11.5 Å². The molecular weight excluding hydrogens is 317 g/mol. The monoisotopic (exact) mass is 329 g/mol. The van der Waals surface area contributed by atoms with Crippen LogP contribution in [0.5, 0.6) is 0 Å². The first-order valence-electron chi connectivity index (χ1n) is 6.78. The Hall–Kier alpha value is -2.80. The van der Waals surface area contributed by atoms with Crippen molar-refractivity contribution in [3.05, 3.63) is 81.5 Å². The Kier molecular flexibility index (Phi) is 4.29. The molecule has 0 saturated heterocycles. The number of halogens is 1. The molecule has 116 valence electrons. The highest BCUT2D eigenvalue weighted by Crippen LogP contribution is 2.11. The lowest BCUT2D eigenvalue weighted by Crippen LogP contribution is -2.29. The molecule has 0 atom stereocenters. The van der Waals surface area contributed by atoms with Crippen molar-refractivity contribution >= 4 is 22.4 Å². The minimum atomic E-state index is -0.501. The number of amides is 1. The van der Waals surface area contributed by atoms with E-state index in [1.807, 2.05) is 0 Å². The Morgan fingerprint density at radius 3 is 2.74 bits per heavy atom. The number of nitrogens with one attached hydrogen (secondary N) is 1. The second kappa shape index (κ2) is 6.53. The largest absolute Gasteiger partial charge is 0.310 e. The minimum Gasteiger partial charge on any atom is -0.310 e. The number of aromatic nitrogens is 2. The van der Waals surface area contributed by atoms with E-state index in [0.29, 0.717) is 5.13 Å². The summed E-state index contributed by atoms with van der Waals surface area (Å²) in [6.45, 7) is 0.261. The van der Waals surface area contributed by atoms with E-state index in [4.69, 9.17) is 0 Å². The van der Waals surface area contributed by atoms with E-state index >= 15 is 0 Å². The van der Waals surface area contributed by atoms with Gasteiger partial charge in [0.1, 0.15) is 11.4 Å². The maximum absolute atomic E-state index is 12.9. The quantitative estimate of drug-likeness (QED) is 0.800. The zero-order chi connectivity index (χ0) is 16.2. The molecule has 2 aromatic heterocycles. The van der Waals surface area contributed by atoms with Crippen molar-refractivity contribution in [2.75, 3.05) is 5.32 Å². The SMILES string of the molecule is O=C(Nc1nccs1)c1cccn(Cc2ccc(F)cc2)c1=O. The van der Waals surface area contributed by atoms with Crippen LogP contribution in [0.4, 0.5) is 9.52 Å². The minimum absolute atomic E-state index is 0.0322. The standard InChI is InChI=1S/C16H12FN3O2S/c17-12-5-3-11(4-6-12)10-20-8-1-2-13(15(20)22)14(21)19-16-18-7-9-23-16/h1-9H,10H2,(H,18,19,21). The highest BCUT2D eigenvalue weighted by Gasteiger charge is 2.13. The summed E-state index contributed by atoms with van der Waals surface area (Å²) in [5.74, 6) is -0.837. The topological polar surface area (TPSA) is 64.0 Å². The molecule has 0 bridgehead atoms. The summed E-state index contributed by atoms with van der Waals surface area (Å²) < 4.78 is 14.3. The molecule has 0 aliphatic carbocycles. The zero-order valence-electron chi connectivity index (χ0n) is 11.9. The van der Waals surface area contributed by atoms with Gasteiger partial charge in [-0.15, -0.1) is 11.3 Å². The van der Waals surface area contributed by atoms with Crippen LogP contribution in [0.1, 0.15) is 15.9 Å². The average molecular weight is 329 g/mol. The lowest BCUT2D eigenvalue weighted by atomic mass is 10.2. The van der Waals surface area contributed by atoms with Crippen molar-refractivity contribution in [1.29, 1.82) is 0 Å². The normalized spacial score (nSPS) is 10.5. The maximum atomic E-state index is 12.9. The molecule has 0 unspecified atom stereocenters. The first-order valence-corrected chi connectivity index (χ1v) is 7.66. The number of pyridine rings is 1. The van der Waals surface area contributed by atoms with Crippen molar-refractivity contribution in [1.82, 2.24) is 9.55 Å². The molecule has 23 heavy (non-hydrogen) atoms. The zero-order valence-corrected chi connectivity index (χ0v) is 12.7. The van der Waals surface area contributed by atoms with E-state index in [2.05, 4.69) is 10.3 Å².